The molecule has 1 unspecified atom stereocenters. The van der Waals surface area contributed by atoms with Crippen molar-refractivity contribution in [3.05, 3.63) is 53.9 Å². The van der Waals surface area contributed by atoms with Gasteiger partial charge in [0.05, 0.1) is 18.7 Å². The van der Waals surface area contributed by atoms with Gasteiger partial charge in [0, 0.05) is 24.6 Å². The van der Waals surface area contributed by atoms with Crippen molar-refractivity contribution >= 4 is 17.5 Å². The molecule has 0 radical (unpaired) electrons. The third kappa shape index (κ3) is 3.40. The van der Waals surface area contributed by atoms with Crippen molar-refractivity contribution in [2.45, 2.75) is 18.9 Å². The second kappa shape index (κ2) is 6.70. The van der Waals surface area contributed by atoms with E-state index in [1.54, 1.807) is 28.9 Å². The lowest BCUT2D eigenvalue weighted by Crippen LogP contribution is -2.56. The molecule has 2 amide bonds. The molecule has 27 heavy (non-hydrogen) atoms. The van der Waals surface area contributed by atoms with E-state index in [9.17, 15) is 14.0 Å². The highest BCUT2D eigenvalue weighted by molar-refractivity contribution is 5.96. The lowest BCUT2D eigenvalue weighted by molar-refractivity contribution is -0.137. The van der Waals surface area contributed by atoms with Crippen molar-refractivity contribution in [3.63, 3.8) is 0 Å². The Morgan fingerprint density at radius 2 is 1.89 bits per heavy atom. The molecular formula is C19H19FN4O3. The van der Waals surface area contributed by atoms with E-state index < -0.39 is 5.60 Å². The fraction of sp³-hybridized carbons (Fsp3) is 0.368. The van der Waals surface area contributed by atoms with Gasteiger partial charge in [-0.05, 0) is 37.6 Å². The summed E-state index contributed by atoms with van der Waals surface area (Å²) in [4.78, 5) is 36.5. The molecule has 7 nitrogen and oxygen atoms in total. The molecule has 2 fully saturated rings. The SMILES string of the molecule is Cc1ncc(C(=O)N2CCC3(C2)CN(c2ccc(F)cc2)C(=O)CO3)cn1. The maximum absolute atomic E-state index is 13.2. The monoisotopic (exact) mass is 370 g/mol. The Bertz CT molecular complexity index is 872. The zero-order valence-electron chi connectivity index (χ0n) is 14.9. The molecule has 0 aliphatic carbocycles. The molecule has 0 N–H and O–H groups in total. The fourth-order valence-corrected chi connectivity index (χ4v) is 3.52. The Morgan fingerprint density at radius 1 is 1.19 bits per heavy atom. The molecule has 8 heteroatoms. The molecule has 1 spiro atoms. The normalized spacial score (nSPS) is 22.5. The summed E-state index contributed by atoms with van der Waals surface area (Å²) >= 11 is 0. The average Bonchev–Trinajstić information content (AvgIpc) is 3.08. The number of likely N-dealkylation sites (tertiary alicyclic amines) is 1. The van der Waals surface area contributed by atoms with E-state index in [1.807, 2.05) is 0 Å². The van der Waals surface area contributed by atoms with Gasteiger partial charge in [-0.25, -0.2) is 14.4 Å². The number of rotatable bonds is 2. The second-order valence-electron chi connectivity index (χ2n) is 6.92. The minimum Gasteiger partial charge on any atom is -0.361 e. The van der Waals surface area contributed by atoms with Crippen LogP contribution in [0.5, 0.6) is 0 Å². The van der Waals surface area contributed by atoms with E-state index >= 15 is 0 Å². The van der Waals surface area contributed by atoms with Crippen molar-refractivity contribution in [1.82, 2.24) is 14.9 Å². The number of hydrogen-bond acceptors (Lipinski definition) is 5. The quantitative estimate of drug-likeness (QED) is 0.802. The number of aryl methyl sites for hydroxylation is 1. The van der Waals surface area contributed by atoms with Gasteiger partial charge in [0.2, 0.25) is 0 Å². The van der Waals surface area contributed by atoms with Gasteiger partial charge in [-0.15, -0.1) is 0 Å². The van der Waals surface area contributed by atoms with Crippen LogP contribution in [0.1, 0.15) is 22.6 Å². The number of morpholine rings is 1. The first-order valence-electron chi connectivity index (χ1n) is 8.74. The summed E-state index contributed by atoms with van der Waals surface area (Å²) in [6, 6.07) is 5.81. The highest BCUT2D eigenvalue weighted by Gasteiger charge is 2.46. The Hall–Kier alpha value is -2.87. The number of anilines is 1. The van der Waals surface area contributed by atoms with Crippen LogP contribution < -0.4 is 4.90 Å². The molecule has 0 bridgehead atoms. The largest absolute Gasteiger partial charge is 0.361 e. The molecule has 2 aliphatic rings. The van der Waals surface area contributed by atoms with Crippen LogP contribution in [0.15, 0.2) is 36.7 Å². The molecule has 1 atom stereocenters. The molecule has 2 aliphatic heterocycles. The van der Waals surface area contributed by atoms with Crippen LogP contribution in [-0.4, -0.2) is 58.5 Å². The maximum atomic E-state index is 13.2. The number of halogens is 1. The smallest absolute Gasteiger partial charge is 0.257 e. The summed E-state index contributed by atoms with van der Waals surface area (Å²) in [5.74, 6) is -0.0784. The van der Waals surface area contributed by atoms with Crippen LogP contribution in [0.3, 0.4) is 0 Å². The predicted octanol–water partition coefficient (Wildman–Crippen LogP) is 1.57. The van der Waals surface area contributed by atoms with Crippen LogP contribution in [0.25, 0.3) is 0 Å². The third-order valence-electron chi connectivity index (χ3n) is 5.02. The van der Waals surface area contributed by atoms with E-state index in [0.717, 1.165) is 0 Å². The first-order valence-corrected chi connectivity index (χ1v) is 8.74. The minimum absolute atomic E-state index is 0.0625. The summed E-state index contributed by atoms with van der Waals surface area (Å²) in [6.07, 6.45) is 3.66. The summed E-state index contributed by atoms with van der Waals surface area (Å²) in [5, 5.41) is 0. The lowest BCUT2D eigenvalue weighted by Gasteiger charge is -2.40. The molecule has 1 aromatic carbocycles. The number of nitrogens with zero attached hydrogens (tertiary/aromatic N) is 4. The topological polar surface area (TPSA) is 75.6 Å². The zero-order chi connectivity index (χ0) is 19.0. The average molecular weight is 370 g/mol. The highest BCUT2D eigenvalue weighted by atomic mass is 19.1. The Labute approximate surface area is 155 Å². The number of carbonyl (C=O) groups excluding carboxylic acids is 2. The highest BCUT2D eigenvalue weighted by Crippen LogP contribution is 2.32. The second-order valence-corrected chi connectivity index (χ2v) is 6.92. The van der Waals surface area contributed by atoms with E-state index in [1.165, 1.54) is 24.5 Å². The van der Waals surface area contributed by atoms with Crippen LogP contribution in [0.2, 0.25) is 0 Å². The molecule has 4 rings (SSSR count). The standard InChI is InChI=1S/C19H19FN4O3/c1-13-21-8-14(9-22-13)18(26)23-7-6-19(11-23)12-24(17(25)10-27-19)16-4-2-15(20)3-5-16/h2-5,8-9H,6-7,10-12H2,1H3. The van der Waals surface area contributed by atoms with E-state index in [2.05, 4.69) is 9.97 Å². The van der Waals surface area contributed by atoms with Gasteiger partial charge >= 0.3 is 0 Å². The summed E-state index contributed by atoms with van der Waals surface area (Å²) < 4.78 is 19.0. The van der Waals surface area contributed by atoms with Crippen molar-refractivity contribution in [2.75, 3.05) is 31.1 Å². The van der Waals surface area contributed by atoms with Gasteiger partial charge in [0.25, 0.3) is 11.8 Å². The molecule has 2 saturated heterocycles. The van der Waals surface area contributed by atoms with Crippen LogP contribution in [0.4, 0.5) is 10.1 Å². The van der Waals surface area contributed by atoms with Gasteiger partial charge in [-0.3, -0.25) is 9.59 Å². The predicted molar refractivity (Wildman–Crippen MR) is 94.7 cm³/mol. The van der Waals surface area contributed by atoms with E-state index in [-0.39, 0.29) is 24.2 Å². The fourth-order valence-electron chi connectivity index (χ4n) is 3.52. The van der Waals surface area contributed by atoms with Gasteiger partial charge in [0.1, 0.15) is 23.8 Å². The number of aromatic nitrogens is 2. The molecule has 2 aromatic rings. The van der Waals surface area contributed by atoms with Crippen LogP contribution in [0, 0.1) is 12.7 Å². The third-order valence-corrected chi connectivity index (χ3v) is 5.02. The van der Waals surface area contributed by atoms with Crippen molar-refractivity contribution in [2.24, 2.45) is 0 Å². The molecule has 0 saturated carbocycles. The van der Waals surface area contributed by atoms with Crippen molar-refractivity contribution in [1.29, 1.82) is 0 Å². The number of benzene rings is 1. The van der Waals surface area contributed by atoms with Crippen molar-refractivity contribution in [3.8, 4) is 0 Å². The maximum Gasteiger partial charge on any atom is 0.257 e. The zero-order valence-corrected chi connectivity index (χ0v) is 14.9. The molecule has 3 heterocycles. The number of carbonyl (C=O) groups is 2. The van der Waals surface area contributed by atoms with Gasteiger partial charge in [-0.2, -0.15) is 0 Å². The first kappa shape index (κ1) is 17.5. The lowest BCUT2D eigenvalue weighted by atomic mass is 10.00. The number of hydrogen-bond donors (Lipinski definition) is 0. The van der Waals surface area contributed by atoms with Crippen LogP contribution in [-0.2, 0) is 9.53 Å². The van der Waals surface area contributed by atoms with E-state index in [4.69, 9.17) is 4.74 Å². The van der Waals surface area contributed by atoms with E-state index in [0.29, 0.717) is 43.1 Å². The minimum atomic E-state index is -0.622. The Morgan fingerprint density at radius 3 is 2.59 bits per heavy atom. The Balaban J connectivity index is 1.50. The first-order chi connectivity index (χ1) is 13.0. The molecular weight excluding hydrogens is 351 g/mol. The summed E-state index contributed by atoms with van der Waals surface area (Å²) in [5.41, 5.74) is 0.435. The molecule has 1 aromatic heterocycles. The number of ether oxygens (including phenoxy) is 1. The molecule has 140 valence electrons. The number of amides is 2. The van der Waals surface area contributed by atoms with Gasteiger partial charge < -0.3 is 14.5 Å². The van der Waals surface area contributed by atoms with Gasteiger partial charge in [0.15, 0.2) is 0 Å². The Kier molecular flexibility index (Phi) is 4.35. The van der Waals surface area contributed by atoms with Crippen molar-refractivity contribution < 1.29 is 18.7 Å². The van der Waals surface area contributed by atoms with Gasteiger partial charge in [-0.1, -0.05) is 0 Å². The summed E-state index contributed by atoms with van der Waals surface area (Å²) in [6.45, 7) is 2.93. The van der Waals surface area contributed by atoms with Crippen LogP contribution >= 0.6 is 0 Å². The summed E-state index contributed by atoms with van der Waals surface area (Å²) in [7, 11) is 0.